The molecule has 0 amide bonds. The molecule has 1 heterocycles. The van der Waals surface area contributed by atoms with Crippen LogP contribution >= 0.6 is 0 Å². The van der Waals surface area contributed by atoms with Gasteiger partial charge in [0, 0.05) is 18.1 Å². The predicted octanol–water partition coefficient (Wildman–Crippen LogP) is 3.01. The number of piperidine rings is 1. The fourth-order valence-electron chi connectivity index (χ4n) is 4.02. The highest BCUT2D eigenvalue weighted by Crippen LogP contribution is 2.39. The van der Waals surface area contributed by atoms with Gasteiger partial charge in [-0.15, -0.1) is 0 Å². The van der Waals surface area contributed by atoms with Crippen LogP contribution in [-0.2, 0) is 0 Å². The van der Waals surface area contributed by atoms with Gasteiger partial charge >= 0.3 is 0 Å². The fourth-order valence-corrected chi connectivity index (χ4v) is 4.02. The maximum Gasteiger partial charge on any atom is 0.0334 e. The first-order valence-corrected chi connectivity index (χ1v) is 7.54. The maximum atomic E-state index is 6.17. The Morgan fingerprint density at radius 2 is 1.71 bits per heavy atom. The van der Waals surface area contributed by atoms with Crippen LogP contribution in [-0.4, -0.2) is 29.6 Å². The van der Waals surface area contributed by atoms with E-state index in [2.05, 4.69) is 25.7 Å². The molecule has 2 unspecified atom stereocenters. The summed E-state index contributed by atoms with van der Waals surface area (Å²) < 4.78 is 0. The van der Waals surface area contributed by atoms with Crippen LogP contribution in [0.5, 0.6) is 0 Å². The average Bonchev–Trinajstić information content (AvgIpc) is 2.31. The Kier molecular flexibility index (Phi) is 4.14. The van der Waals surface area contributed by atoms with Crippen molar-refractivity contribution in [3.05, 3.63) is 0 Å². The summed E-state index contributed by atoms with van der Waals surface area (Å²) in [7, 11) is 0. The Bertz CT molecular complexity index is 243. The van der Waals surface area contributed by atoms with E-state index in [1.165, 1.54) is 45.1 Å². The second-order valence-corrected chi connectivity index (χ2v) is 6.78. The highest BCUT2D eigenvalue weighted by atomic mass is 15.2. The molecule has 1 saturated heterocycles. The summed E-state index contributed by atoms with van der Waals surface area (Å²) in [6.07, 6.45) is 8.11. The summed E-state index contributed by atoms with van der Waals surface area (Å²) in [6.45, 7) is 9.32. The van der Waals surface area contributed by atoms with Crippen molar-refractivity contribution in [2.24, 2.45) is 17.6 Å². The van der Waals surface area contributed by atoms with E-state index in [1.54, 1.807) is 0 Å². The van der Waals surface area contributed by atoms with Gasteiger partial charge in [0.15, 0.2) is 0 Å². The van der Waals surface area contributed by atoms with Crippen LogP contribution in [0.3, 0.4) is 0 Å². The van der Waals surface area contributed by atoms with Crippen LogP contribution in [0.4, 0.5) is 0 Å². The highest BCUT2D eigenvalue weighted by Gasteiger charge is 2.41. The molecular formula is C15H30N2. The minimum atomic E-state index is 0.339. The van der Waals surface area contributed by atoms with Crippen LogP contribution in [0.25, 0.3) is 0 Å². The smallest absolute Gasteiger partial charge is 0.0334 e. The normalized spacial score (nSPS) is 44.8. The van der Waals surface area contributed by atoms with Gasteiger partial charge in [-0.3, -0.25) is 4.90 Å². The third-order valence-electron chi connectivity index (χ3n) is 5.33. The molecule has 0 bridgehead atoms. The zero-order chi connectivity index (χ0) is 12.5. The fraction of sp³-hybridized carbons (Fsp3) is 1.00. The molecule has 0 spiro atoms. The molecule has 2 nitrogen and oxygen atoms in total. The van der Waals surface area contributed by atoms with Crippen molar-refractivity contribution in [3.63, 3.8) is 0 Å². The van der Waals surface area contributed by atoms with Gasteiger partial charge in [-0.05, 0) is 63.8 Å². The van der Waals surface area contributed by atoms with E-state index in [0.29, 0.717) is 5.54 Å². The lowest BCUT2D eigenvalue weighted by atomic mass is 9.74. The number of hydrogen-bond acceptors (Lipinski definition) is 2. The molecule has 17 heavy (non-hydrogen) atoms. The molecule has 2 fully saturated rings. The summed E-state index contributed by atoms with van der Waals surface area (Å²) >= 11 is 0. The molecule has 2 aliphatic rings. The summed E-state index contributed by atoms with van der Waals surface area (Å²) in [6, 6.07) is 0.732. The van der Waals surface area contributed by atoms with E-state index < -0.39 is 0 Å². The largest absolute Gasteiger partial charge is 0.329 e. The van der Waals surface area contributed by atoms with Crippen LogP contribution in [0, 0.1) is 11.8 Å². The second-order valence-electron chi connectivity index (χ2n) is 6.78. The predicted molar refractivity (Wildman–Crippen MR) is 74.0 cm³/mol. The van der Waals surface area contributed by atoms with Gasteiger partial charge in [0.05, 0.1) is 0 Å². The molecular weight excluding hydrogens is 208 g/mol. The van der Waals surface area contributed by atoms with E-state index in [-0.39, 0.29) is 0 Å². The number of likely N-dealkylation sites (tertiary alicyclic amines) is 1. The van der Waals surface area contributed by atoms with Gasteiger partial charge in [0.2, 0.25) is 0 Å². The van der Waals surface area contributed by atoms with E-state index in [0.717, 1.165) is 24.4 Å². The molecule has 0 aromatic rings. The van der Waals surface area contributed by atoms with Gasteiger partial charge in [0.25, 0.3) is 0 Å². The van der Waals surface area contributed by atoms with Crippen molar-refractivity contribution in [1.29, 1.82) is 0 Å². The third-order valence-corrected chi connectivity index (χ3v) is 5.33. The molecule has 0 aromatic heterocycles. The Labute approximate surface area is 107 Å². The minimum Gasteiger partial charge on any atom is -0.329 e. The third kappa shape index (κ3) is 2.68. The molecule has 2 N–H and O–H groups in total. The zero-order valence-electron chi connectivity index (χ0n) is 11.9. The first-order chi connectivity index (χ1) is 8.07. The van der Waals surface area contributed by atoms with Crippen molar-refractivity contribution < 1.29 is 0 Å². The molecule has 2 rings (SSSR count). The Hall–Kier alpha value is -0.0800. The lowest BCUT2D eigenvalue weighted by Gasteiger charge is -2.52. The second kappa shape index (κ2) is 5.27. The van der Waals surface area contributed by atoms with Gasteiger partial charge in [-0.2, -0.15) is 0 Å². The van der Waals surface area contributed by atoms with E-state index in [4.69, 9.17) is 5.73 Å². The van der Waals surface area contributed by atoms with Crippen LogP contribution < -0.4 is 5.73 Å². The lowest BCUT2D eigenvalue weighted by molar-refractivity contribution is -0.0153. The SMILES string of the molecule is CC1CCC(CN)(N2CCC(C)CC2C)CC1. The van der Waals surface area contributed by atoms with Crippen molar-refractivity contribution in [3.8, 4) is 0 Å². The molecule has 1 saturated carbocycles. The van der Waals surface area contributed by atoms with E-state index in [9.17, 15) is 0 Å². The van der Waals surface area contributed by atoms with Crippen molar-refractivity contribution >= 4 is 0 Å². The molecule has 0 aromatic carbocycles. The van der Waals surface area contributed by atoms with Gasteiger partial charge in [-0.1, -0.05) is 13.8 Å². The minimum absolute atomic E-state index is 0.339. The summed E-state index contributed by atoms with van der Waals surface area (Å²) in [5.41, 5.74) is 6.51. The topological polar surface area (TPSA) is 29.3 Å². The Morgan fingerprint density at radius 1 is 1.06 bits per heavy atom. The summed E-state index contributed by atoms with van der Waals surface area (Å²) in [5, 5.41) is 0. The highest BCUT2D eigenvalue weighted by molar-refractivity contribution is 4.98. The maximum absolute atomic E-state index is 6.17. The van der Waals surface area contributed by atoms with E-state index in [1.807, 2.05) is 0 Å². The molecule has 1 aliphatic carbocycles. The molecule has 2 heteroatoms. The van der Waals surface area contributed by atoms with Crippen molar-refractivity contribution in [2.45, 2.75) is 70.9 Å². The van der Waals surface area contributed by atoms with Crippen molar-refractivity contribution in [2.75, 3.05) is 13.1 Å². The van der Waals surface area contributed by atoms with Crippen LogP contribution in [0.2, 0.25) is 0 Å². The number of hydrogen-bond donors (Lipinski definition) is 1. The van der Waals surface area contributed by atoms with Gasteiger partial charge < -0.3 is 5.73 Å². The standard InChI is InChI=1S/C15H30N2/c1-12-4-7-15(11-16,8-5-12)17-9-6-13(2)10-14(17)3/h12-14H,4-11,16H2,1-3H3. The summed E-state index contributed by atoms with van der Waals surface area (Å²) in [5.74, 6) is 1.81. The molecule has 100 valence electrons. The van der Waals surface area contributed by atoms with E-state index >= 15 is 0 Å². The quantitative estimate of drug-likeness (QED) is 0.801. The number of nitrogens with two attached hydrogens (primary N) is 1. The van der Waals surface area contributed by atoms with Gasteiger partial charge in [-0.25, -0.2) is 0 Å². The van der Waals surface area contributed by atoms with Crippen molar-refractivity contribution in [1.82, 2.24) is 4.90 Å². The zero-order valence-corrected chi connectivity index (χ0v) is 11.9. The number of rotatable bonds is 2. The first kappa shape index (κ1) is 13.4. The van der Waals surface area contributed by atoms with Crippen LogP contribution in [0.1, 0.15) is 59.3 Å². The molecule has 2 atom stereocenters. The molecule has 0 radical (unpaired) electrons. The number of nitrogens with zero attached hydrogens (tertiary/aromatic N) is 1. The average molecular weight is 238 g/mol. The monoisotopic (exact) mass is 238 g/mol. The van der Waals surface area contributed by atoms with Gasteiger partial charge in [0.1, 0.15) is 0 Å². The summed E-state index contributed by atoms with van der Waals surface area (Å²) in [4.78, 5) is 2.76. The Morgan fingerprint density at radius 3 is 2.24 bits per heavy atom. The molecule has 1 aliphatic heterocycles. The Balaban J connectivity index is 2.07. The van der Waals surface area contributed by atoms with Crippen LogP contribution in [0.15, 0.2) is 0 Å². The first-order valence-electron chi connectivity index (χ1n) is 7.54. The lowest BCUT2D eigenvalue weighted by Crippen LogP contribution is -2.60.